The maximum atomic E-state index is 12.1. The van der Waals surface area contributed by atoms with Crippen molar-refractivity contribution in [2.45, 2.75) is 25.3 Å². The summed E-state index contributed by atoms with van der Waals surface area (Å²) >= 11 is 1.76. The normalized spacial score (nSPS) is 24.7. The Morgan fingerprint density at radius 1 is 1.33 bits per heavy atom. The van der Waals surface area contributed by atoms with E-state index in [1.165, 1.54) is 0 Å². The summed E-state index contributed by atoms with van der Waals surface area (Å²) in [6, 6.07) is -0.00677. The lowest BCUT2D eigenvalue weighted by atomic mass is 9.93. The number of primary amides is 1. The van der Waals surface area contributed by atoms with Crippen LogP contribution in [0.4, 0.5) is 0 Å². The van der Waals surface area contributed by atoms with Crippen molar-refractivity contribution in [1.29, 1.82) is 0 Å². The summed E-state index contributed by atoms with van der Waals surface area (Å²) in [5.74, 6) is 2.09. The highest BCUT2D eigenvalue weighted by atomic mass is 35.5. The van der Waals surface area contributed by atoms with Crippen LogP contribution in [0.3, 0.4) is 0 Å². The molecule has 5 nitrogen and oxygen atoms in total. The summed E-state index contributed by atoms with van der Waals surface area (Å²) in [4.78, 5) is 24.8. The highest BCUT2D eigenvalue weighted by Gasteiger charge is 2.30. The molecule has 18 heavy (non-hydrogen) atoms. The molecular formula is C11H20ClN3O2S. The van der Waals surface area contributed by atoms with E-state index in [0.717, 1.165) is 37.6 Å². The van der Waals surface area contributed by atoms with Gasteiger partial charge in [-0.2, -0.15) is 0 Å². The van der Waals surface area contributed by atoms with Gasteiger partial charge < -0.3 is 10.6 Å². The summed E-state index contributed by atoms with van der Waals surface area (Å²) in [6.45, 7) is 1.53. The zero-order chi connectivity index (χ0) is 12.3. The molecule has 0 radical (unpaired) electrons. The van der Waals surface area contributed by atoms with Crippen LogP contribution in [-0.4, -0.2) is 47.5 Å². The molecule has 3 N–H and O–H groups in total. The van der Waals surface area contributed by atoms with Gasteiger partial charge in [-0.05, 0) is 18.8 Å². The van der Waals surface area contributed by atoms with E-state index < -0.39 is 0 Å². The van der Waals surface area contributed by atoms with Crippen LogP contribution in [0.1, 0.15) is 19.3 Å². The highest BCUT2D eigenvalue weighted by Crippen LogP contribution is 2.21. The summed E-state index contributed by atoms with van der Waals surface area (Å²) in [5.41, 5.74) is 5.19. The van der Waals surface area contributed by atoms with E-state index in [-0.39, 0.29) is 30.3 Å². The Bertz CT molecular complexity index is 303. The van der Waals surface area contributed by atoms with E-state index in [9.17, 15) is 9.59 Å². The van der Waals surface area contributed by atoms with Crippen molar-refractivity contribution in [3.05, 3.63) is 0 Å². The predicted octanol–water partition coefficient (Wildman–Crippen LogP) is 0.185. The summed E-state index contributed by atoms with van der Waals surface area (Å²) in [7, 11) is 0. The summed E-state index contributed by atoms with van der Waals surface area (Å²) in [6.07, 6.45) is 2.25. The SMILES string of the molecule is Cl.NC(=O)CC1CCN(C(=O)C2CSCN2)CC1. The molecule has 0 bridgehead atoms. The van der Waals surface area contributed by atoms with Gasteiger partial charge in [-0.15, -0.1) is 24.2 Å². The number of likely N-dealkylation sites (tertiary alicyclic amines) is 1. The zero-order valence-corrected chi connectivity index (χ0v) is 11.9. The molecule has 0 aliphatic carbocycles. The third kappa shape index (κ3) is 4.03. The highest BCUT2D eigenvalue weighted by molar-refractivity contribution is 7.99. The minimum Gasteiger partial charge on any atom is -0.370 e. The van der Waals surface area contributed by atoms with Gasteiger partial charge in [0.05, 0.1) is 6.04 Å². The Morgan fingerprint density at radius 3 is 2.50 bits per heavy atom. The number of nitrogens with two attached hydrogens (primary N) is 1. The van der Waals surface area contributed by atoms with Gasteiger partial charge in [-0.3, -0.25) is 14.9 Å². The second-order valence-corrected chi connectivity index (χ2v) is 5.74. The molecule has 2 rings (SSSR count). The van der Waals surface area contributed by atoms with Crippen LogP contribution in [0.5, 0.6) is 0 Å². The van der Waals surface area contributed by atoms with E-state index in [4.69, 9.17) is 5.73 Å². The lowest BCUT2D eigenvalue weighted by molar-refractivity contribution is -0.134. The molecule has 0 aromatic rings. The number of nitrogens with one attached hydrogen (secondary N) is 1. The third-order valence-corrected chi connectivity index (χ3v) is 4.37. The van der Waals surface area contributed by atoms with Crippen LogP contribution >= 0.6 is 24.2 Å². The molecule has 2 aliphatic rings. The van der Waals surface area contributed by atoms with Crippen molar-refractivity contribution >= 4 is 36.0 Å². The molecule has 2 heterocycles. The fourth-order valence-corrected chi connectivity index (χ4v) is 3.35. The minimum absolute atomic E-state index is 0. The second kappa shape index (κ2) is 7.21. The monoisotopic (exact) mass is 293 g/mol. The topological polar surface area (TPSA) is 75.4 Å². The number of piperidine rings is 1. The number of carbonyl (C=O) groups excluding carboxylic acids is 2. The first-order chi connectivity index (χ1) is 8.16. The molecule has 0 saturated carbocycles. The van der Waals surface area contributed by atoms with E-state index in [0.29, 0.717) is 12.3 Å². The molecule has 1 unspecified atom stereocenters. The molecule has 2 saturated heterocycles. The lowest BCUT2D eigenvalue weighted by Crippen LogP contribution is -2.48. The van der Waals surface area contributed by atoms with Crippen molar-refractivity contribution in [2.75, 3.05) is 24.7 Å². The Kier molecular flexibility index (Phi) is 6.25. The number of thioether (sulfide) groups is 1. The fourth-order valence-electron chi connectivity index (χ4n) is 2.42. The first-order valence-electron chi connectivity index (χ1n) is 6.05. The number of hydrogen-bond donors (Lipinski definition) is 2. The molecule has 1 atom stereocenters. The molecule has 2 fully saturated rings. The third-order valence-electron chi connectivity index (χ3n) is 3.43. The Hall–Kier alpha value is -0.460. The lowest BCUT2D eigenvalue weighted by Gasteiger charge is -2.33. The van der Waals surface area contributed by atoms with E-state index in [1.54, 1.807) is 11.8 Å². The van der Waals surface area contributed by atoms with Gasteiger partial charge in [0, 0.05) is 31.1 Å². The Morgan fingerprint density at radius 2 is 2.00 bits per heavy atom. The minimum atomic E-state index is -0.233. The van der Waals surface area contributed by atoms with Crippen molar-refractivity contribution in [2.24, 2.45) is 11.7 Å². The molecule has 2 aliphatic heterocycles. The smallest absolute Gasteiger partial charge is 0.240 e. The van der Waals surface area contributed by atoms with Gasteiger partial charge in [0.15, 0.2) is 0 Å². The molecular weight excluding hydrogens is 274 g/mol. The van der Waals surface area contributed by atoms with Crippen LogP contribution in [0.2, 0.25) is 0 Å². The molecule has 2 amide bonds. The molecule has 104 valence electrons. The number of halogens is 1. The number of hydrogen-bond acceptors (Lipinski definition) is 4. The average Bonchev–Trinajstić information content (AvgIpc) is 2.82. The van der Waals surface area contributed by atoms with Crippen LogP contribution in [-0.2, 0) is 9.59 Å². The number of amides is 2. The second-order valence-electron chi connectivity index (χ2n) is 4.71. The first-order valence-corrected chi connectivity index (χ1v) is 7.20. The zero-order valence-electron chi connectivity index (χ0n) is 10.3. The maximum Gasteiger partial charge on any atom is 0.240 e. The molecule has 0 aromatic heterocycles. The average molecular weight is 294 g/mol. The first kappa shape index (κ1) is 15.6. The van der Waals surface area contributed by atoms with Crippen molar-refractivity contribution in [3.8, 4) is 0 Å². The van der Waals surface area contributed by atoms with Crippen molar-refractivity contribution < 1.29 is 9.59 Å². The standard InChI is InChI=1S/C11H19N3O2S.ClH/c12-10(15)5-8-1-3-14(4-2-8)11(16)9-6-17-7-13-9;/h8-9,13H,1-7H2,(H2,12,15);1H. The quantitative estimate of drug-likeness (QED) is 0.779. The summed E-state index contributed by atoms with van der Waals surface area (Å²) < 4.78 is 0. The molecule has 0 aromatic carbocycles. The maximum absolute atomic E-state index is 12.1. The van der Waals surface area contributed by atoms with Crippen molar-refractivity contribution in [1.82, 2.24) is 10.2 Å². The van der Waals surface area contributed by atoms with Gasteiger partial charge in [-0.1, -0.05) is 0 Å². The molecule has 7 heteroatoms. The largest absolute Gasteiger partial charge is 0.370 e. The van der Waals surface area contributed by atoms with Crippen LogP contribution in [0, 0.1) is 5.92 Å². The van der Waals surface area contributed by atoms with Crippen LogP contribution < -0.4 is 11.1 Å². The van der Waals surface area contributed by atoms with Gasteiger partial charge >= 0.3 is 0 Å². The van der Waals surface area contributed by atoms with Crippen molar-refractivity contribution in [3.63, 3.8) is 0 Å². The number of nitrogens with zero attached hydrogens (tertiary/aromatic N) is 1. The summed E-state index contributed by atoms with van der Waals surface area (Å²) in [5, 5.41) is 3.19. The number of carbonyl (C=O) groups is 2. The van der Waals surface area contributed by atoms with Crippen LogP contribution in [0.25, 0.3) is 0 Å². The molecule has 0 spiro atoms. The van der Waals surface area contributed by atoms with Gasteiger partial charge in [0.2, 0.25) is 11.8 Å². The number of rotatable bonds is 3. The Labute approximate surface area is 118 Å². The van der Waals surface area contributed by atoms with E-state index >= 15 is 0 Å². The fraction of sp³-hybridized carbons (Fsp3) is 0.818. The van der Waals surface area contributed by atoms with Gasteiger partial charge in [-0.25, -0.2) is 0 Å². The van der Waals surface area contributed by atoms with E-state index in [1.807, 2.05) is 4.90 Å². The van der Waals surface area contributed by atoms with Gasteiger partial charge in [0.1, 0.15) is 0 Å². The Balaban J connectivity index is 0.00000162. The van der Waals surface area contributed by atoms with Gasteiger partial charge in [0.25, 0.3) is 0 Å². The van der Waals surface area contributed by atoms with Crippen LogP contribution in [0.15, 0.2) is 0 Å². The van der Waals surface area contributed by atoms with E-state index in [2.05, 4.69) is 5.32 Å². The predicted molar refractivity (Wildman–Crippen MR) is 74.6 cm³/mol.